The summed E-state index contributed by atoms with van der Waals surface area (Å²) in [7, 11) is 3.58. The fraction of sp³-hybridized carbons (Fsp3) is 0.467. The van der Waals surface area contributed by atoms with Crippen LogP contribution in [0.1, 0.15) is 17.0 Å². The van der Waals surface area contributed by atoms with Gasteiger partial charge in [0, 0.05) is 44.7 Å². The van der Waals surface area contributed by atoms with Crippen LogP contribution in [-0.2, 0) is 24.9 Å². The summed E-state index contributed by atoms with van der Waals surface area (Å²) < 4.78 is 12.6. The third-order valence-electron chi connectivity index (χ3n) is 3.00. The number of aryl methyl sites for hydroxylation is 2. The van der Waals surface area contributed by atoms with Crippen LogP contribution < -0.4 is 10.1 Å². The molecule has 2 heterocycles. The summed E-state index contributed by atoms with van der Waals surface area (Å²) in [6, 6.07) is 3.92. The first-order chi connectivity index (χ1) is 10.2. The van der Waals surface area contributed by atoms with Gasteiger partial charge in [0.2, 0.25) is 0 Å². The molecule has 6 nitrogen and oxygen atoms in total. The van der Waals surface area contributed by atoms with E-state index < -0.39 is 0 Å². The maximum atomic E-state index is 5.86. The average Bonchev–Trinajstić information content (AvgIpc) is 2.88. The highest BCUT2D eigenvalue weighted by Gasteiger charge is 2.07. The molecule has 0 amide bonds. The van der Waals surface area contributed by atoms with Crippen molar-refractivity contribution in [3.05, 3.63) is 41.5 Å². The van der Waals surface area contributed by atoms with Crippen LogP contribution in [0.5, 0.6) is 5.75 Å². The summed E-state index contributed by atoms with van der Waals surface area (Å²) >= 11 is 0. The van der Waals surface area contributed by atoms with Crippen molar-refractivity contribution in [3.8, 4) is 5.75 Å². The molecule has 0 fully saturated rings. The lowest BCUT2D eigenvalue weighted by Gasteiger charge is -2.11. The van der Waals surface area contributed by atoms with Crippen molar-refractivity contribution >= 4 is 0 Å². The minimum Gasteiger partial charge on any atom is -0.487 e. The molecule has 0 atom stereocenters. The molecular weight excluding hydrogens is 268 g/mol. The Balaban J connectivity index is 1.97. The van der Waals surface area contributed by atoms with E-state index in [0.29, 0.717) is 19.8 Å². The van der Waals surface area contributed by atoms with E-state index in [1.54, 1.807) is 18.0 Å². The predicted molar refractivity (Wildman–Crippen MR) is 80.1 cm³/mol. The van der Waals surface area contributed by atoms with Gasteiger partial charge in [-0.05, 0) is 19.1 Å². The van der Waals surface area contributed by atoms with Gasteiger partial charge >= 0.3 is 0 Å². The van der Waals surface area contributed by atoms with E-state index in [-0.39, 0.29) is 0 Å². The number of hydrogen-bond acceptors (Lipinski definition) is 5. The fourth-order valence-electron chi connectivity index (χ4n) is 1.94. The summed E-state index contributed by atoms with van der Waals surface area (Å²) in [5.41, 5.74) is 2.93. The standard InChI is InChI=1S/C15H22N4O2/c1-12-4-5-15(14(18-12)9-16-6-7-20-3)21-11-13-8-17-19(2)10-13/h4-5,8,10,16H,6-7,9,11H2,1-3H3. The Labute approximate surface area is 125 Å². The van der Waals surface area contributed by atoms with Crippen LogP contribution in [0.3, 0.4) is 0 Å². The molecule has 0 aromatic carbocycles. The maximum absolute atomic E-state index is 5.86. The van der Waals surface area contributed by atoms with E-state index in [1.165, 1.54) is 0 Å². The topological polar surface area (TPSA) is 61.2 Å². The lowest BCUT2D eigenvalue weighted by Crippen LogP contribution is -2.20. The van der Waals surface area contributed by atoms with Crippen LogP contribution in [0.4, 0.5) is 0 Å². The zero-order valence-corrected chi connectivity index (χ0v) is 12.8. The number of nitrogens with one attached hydrogen (secondary N) is 1. The Hall–Kier alpha value is -1.92. The molecule has 21 heavy (non-hydrogen) atoms. The summed E-state index contributed by atoms with van der Waals surface area (Å²) in [5, 5.41) is 7.42. The van der Waals surface area contributed by atoms with Crippen molar-refractivity contribution in [3.63, 3.8) is 0 Å². The van der Waals surface area contributed by atoms with Crippen LogP contribution in [0.15, 0.2) is 24.5 Å². The van der Waals surface area contributed by atoms with E-state index in [1.807, 2.05) is 32.3 Å². The van der Waals surface area contributed by atoms with Crippen LogP contribution in [0, 0.1) is 6.92 Å². The fourth-order valence-corrected chi connectivity index (χ4v) is 1.94. The van der Waals surface area contributed by atoms with Crippen molar-refractivity contribution in [2.75, 3.05) is 20.3 Å². The van der Waals surface area contributed by atoms with Gasteiger partial charge in [0.05, 0.1) is 18.5 Å². The molecule has 0 saturated carbocycles. The highest BCUT2D eigenvalue weighted by atomic mass is 16.5. The summed E-state index contributed by atoms with van der Waals surface area (Å²) in [4.78, 5) is 4.54. The van der Waals surface area contributed by atoms with E-state index in [4.69, 9.17) is 9.47 Å². The van der Waals surface area contributed by atoms with Crippen molar-refractivity contribution in [1.82, 2.24) is 20.1 Å². The normalized spacial score (nSPS) is 10.8. The molecule has 0 aliphatic carbocycles. The van der Waals surface area contributed by atoms with Crippen molar-refractivity contribution in [1.29, 1.82) is 0 Å². The van der Waals surface area contributed by atoms with Gasteiger partial charge < -0.3 is 14.8 Å². The summed E-state index contributed by atoms with van der Waals surface area (Å²) in [6.07, 6.45) is 3.75. The van der Waals surface area contributed by atoms with Gasteiger partial charge in [0.25, 0.3) is 0 Å². The number of methoxy groups -OCH3 is 1. The highest BCUT2D eigenvalue weighted by molar-refractivity contribution is 5.29. The van der Waals surface area contributed by atoms with E-state index in [0.717, 1.165) is 29.2 Å². The smallest absolute Gasteiger partial charge is 0.142 e. The lowest BCUT2D eigenvalue weighted by atomic mass is 10.2. The van der Waals surface area contributed by atoms with Crippen LogP contribution in [0.2, 0.25) is 0 Å². The molecule has 2 aromatic rings. The van der Waals surface area contributed by atoms with Crippen LogP contribution >= 0.6 is 0 Å². The molecule has 0 spiro atoms. The second-order valence-corrected chi connectivity index (χ2v) is 4.88. The number of ether oxygens (including phenoxy) is 2. The first-order valence-corrected chi connectivity index (χ1v) is 6.95. The average molecular weight is 290 g/mol. The Morgan fingerprint density at radius 2 is 2.19 bits per heavy atom. The molecule has 2 aromatic heterocycles. The van der Waals surface area contributed by atoms with Crippen molar-refractivity contribution in [2.24, 2.45) is 7.05 Å². The maximum Gasteiger partial charge on any atom is 0.142 e. The number of hydrogen-bond donors (Lipinski definition) is 1. The molecule has 1 N–H and O–H groups in total. The second kappa shape index (κ2) is 7.75. The Morgan fingerprint density at radius 3 is 2.90 bits per heavy atom. The highest BCUT2D eigenvalue weighted by Crippen LogP contribution is 2.18. The van der Waals surface area contributed by atoms with Gasteiger partial charge in [-0.2, -0.15) is 5.10 Å². The molecule has 6 heteroatoms. The molecule has 0 bridgehead atoms. The van der Waals surface area contributed by atoms with Gasteiger partial charge in [0.15, 0.2) is 0 Å². The molecule has 114 valence electrons. The number of pyridine rings is 1. The third-order valence-corrected chi connectivity index (χ3v) is 3.00. The van der Waals surface area contributed by atoms with Gasteiger partial charge in [0.1, 0.15) is 12.4 Å². The molecule has 0 unspecified atom stereocenters. The lowest BCUT2D eigenvalue weighted by molar-refractivity contribution is 0.198. The number of aromatic nitrogens is 3. The van der Waals surface area contributed by atoms with Crippen LogP contribution in [-0.4, -0.2) is 35.0 Å². The monoisotopic (exact) mass is 290 g/mol. The van der Waals surface area contributed by atoms with Gasteiger partial charge in [-0.15, -0.1) is 0 Å². The molecule has 0 aliphatic heterocycles. The molecule has 0 saturated heterocycles. The zero-order valence-electron chi connectivity index (χ0n) is 12.8. The molecule has 0 radical (unpaired) electrons. The SMILES string of the molecule is COCCNCc1nc(C)ccc1OCc1cnn(C)c1. The third kappa shape index (κ3) is 4.84. The van der Waals surface area contributed by atoms with Gasteiger partial charge in [-0.25, -0.2) is 0 Å². The van der Waals surface area contributed by atoms with Gasteiger partial charge in [-0.1, -0.05) is 0 Å². The number of rotatable bonds is 8. The van der Waals surface area contributed by atoms with Crippen LogP contribution in [0.25, 0.3) is 0 Å². The Kier molecular flexibility index (Phi) is 5.71. The first-order valence-electron chi connectivity index (χ1n) is 6.95. The summed E-state index contributed by atoms with van der Waals surface area (Å²) in [6.45, 7) is 4.59. The minimum atomic E-state index is 0.490. The van der Waals surface area contributed by atoms with Gasteiger partial charge in [-0.3, -0.25) is 9.67 Å². The minimum absolute atomic E-state index is 0.490. The zero-order chi connectivity index (χ0) is 15.1. The summed E-state index contributed by atoms with van der Waals surface area (Å²) in [5.74, 6) is 0.800. The van der Waals surface area contributed by atoms with E-state index >= 15 is 0 Å². The van der Waals surface area contributed by atoms with E-state index in [9.17, 15) is 0 Å². The van der Waals surface area contributed by atoms with Crippen molar-refractivity contribution < 1.29 is 9.47 Å². The first kappa shape index (κ1) is 15.5. The predicted octanol–water partition coefficient (Wildman–Crippen LogP) is 1.44. The Morgan fingerprint density at radius 1 is 1.33 bits per heavy atom. The molecular formula is C15H22N4O2. The molecule has 2 rings (SSSR count). The second-order valence-electron chi connectivity index (χ2n) is 4.88. The quantitative estimate of drug-likeness (QED) is 0.745. The Bertz CT molecular complexity index is 569. The largest absolute Gasteiger partial charge is 0.487 e. The molecule has 0 aliphatic rings. The number of nitrogens with zero attached hydrogens (tertiary/aromatic N) is 3. The van der Waals surface area contributed by atoms with Crippen molar-refractivity contribution in [2.45, 2.75) is 20.1 Å². The van der Waals surface area contributed by atoms with E-state index in [2.05, 4.69) is 15.4 Å².